The maximum atomic E-state index is 11.9. The van der Waals surface area contributed by atoms with E-state index in [1.807, 2.05) is 13.8 Å². The Morgan fingerprint density at radius 3 is 2.24 bits per heavy atom. The summed E-state index contributed by atoms with van der Waals surface area (Å²) in [6.07, 6.45) is 0. The SMILES string of the molecule is CCN(CC)C(=O)COc1cc(C)c(S(N)(=O)=O)cc1C. The molecule has 0 aromatic heterocycles. The molecule has 1 aromatic rings. The third-order valence-electron chi connectivity index (χ3n) is 3.25. The highest BCUT2D eigenvalue weighted by molar-refractivity contribution is 7.89. The number of carbonyl (C=O) groups is 1. The average molecular weight is 314 g/mol. The first kappa shape index (κ1) is 17.5. The van der Waals surface area contributed by atoms with Gasteiger partial charge in [-0.25, -0.2) is 13.6 Å². The van der Waals surface area contributed by atoms with Crippen LogP contribution < -0.4 is 9.88 Å². The van der Waals surface area contributed by atoms with Crippen molar-refractivity contribution >= 4 is 15.9 Å². The van der Waals surface area contributed by atoms with Crippen molar-refractivity contribution in [3.05, 3.63) is 23.3 Å². The molecule has 21 heavy (non-hydrogen) atoms. The Balaban J connectivity index is 2.92. The van der Waals surface area contributed by atoms with Crippen LogP contribution in [0.1, 0.15) is 25.0 Å². The number of nitrogens with two attached hydrogens (primary N) is 1. The van der Waals surface area contributed by atoms with Gasteiger partial charge >= 0.3 is 0 Å². The number of primary sulfonamides is 1. The minimum absolute atomic E-state index is 0.0717. The maximum Gasteiger partial charge on any atom is 0.260 e. The van der Waals surface area contributed by atoms with Crippen molar-refractivity contribution in [1.29, 1.82) is 0 Å². The fourth-order valence-corrected chi connectivity index (χ4v) is 2.88. The predicted molar refractivity (Wildman–Crippen MR) is 80.7 cm³/mol. The van der Waals surface area contributed by atoms with Crippen molar-refractivity contribution in [2.24, 2.45) is 5.14 Å². The van der Waals surface area contributed by atoms with Crippen LogP contribution in [-0.4, -0.2) is 38.9 Å². The molecule has 0 aliphatic heterocycles. The summed E-state index contributed by atoms with van der Waals surface area (Å²) in [4.78, 5) is 13.6. The van der Waals surface area contributed by atoms with E-state index < -0.39 is 10.0 Å². The molecule has 0 aliphatic carbocycles. The lowest BCUT2D eigenvalue weighted by atomic mass is 10.1. The first-order valence-corrected chi connectivity index (χ1v) is 8.29. The Kier molecular flexibility index (Phi) is 5.74. The van der Waals surface area contributed by atoms with Crippen molar-refractivity contribution < 1.29 is 17.9 Å². The smallest absolute Gasteiger partial charge is 0.260 e. The van der Waals surface area contributed by atoms with E-state index in [9.17, 15) is 13.2 Å². The number of amides is 1. The van der Waals surface area contributed by atoms with Crippen molar-refractivity contribution in [3.8, 4) is 5.75 Å². The van der Waals surface area contributed by atoms with Crippen LogP contribution in [0.2, 0.25) is 0 Å². The predicted octanol–water partition coefficient (Wildman–Crippen LogP) is 1.20. The van der Waals surface area contributed by atoms with Gasteiger partial charge in [-0.3, -0.25) is 4.79 Å². The van der Waals surface area contributed by atoms with E-state index >= 15 is 0 Å². The largest absolute Gasteiger partial charge is 0.483 e. The number of likely N-dealkylation sites (N-methyl/N-ethyl adjacent to an activating group) is 1. The van der Waals surface area contributed by atoms with Crippen molar-refractivity contribution in [3.63, 3.8) is 0 Å². The highest BCUT2D eigenvalue weighted by Crippen LogP contribution is 2.25. The molecule has 1 aromatic carbocycles. The van der Waals surface area contributed by atoms with Crippen molar-refractivity contribution in [1.82, 2.24) is 4.90 Å². The highest BCUT2D eigenvalue weighted by atomic mass is 32.2. The minimum Gasteiger partial charge on any atom is -0.483 e. The van der Waals surface area contributed by atoms with Crippen LogP contribution in [0.25, 0.3) is 0 Å². The van der Waals surface area contributed by atoms with Gasteiger partial charge in [0.2, 0.25) is 10.0 Å². The summed E-state index contributed by atoms with van der Waals surface area (Å²) in [5.74, 6) is 0.382. The van der Waals surface area contributed by atoms with E-state index in [0.29, 0.717) is 30.0 Å². The van der Waals surface area contributed by atoms with Gasteiger partial charge in [0.05, 0.1) is 4.90 Å². The number of hydrogen-bond donors (Lipinski definition) is 1. The fraction of sp³-hybridized carbons (Fsp3) is 0.500. The van der Waals surface area contributed by atoms with Gasteiger partial charge < -0.3 is 9.64 Å². The molecular formula is C14H22N2O4S. The van der Waals surface area contributed by atoms with Crippen LogP contribution in [0.15, 0.2) is 17.0 Å². The van der Waals surface area contributed by atoms with Gasteiger partial charge in [-0.15, -0.1) is 0 Å². The van der Waals surface area contributed by atoms with E-state index in [2.05, 4.69) is 0 Å². The Hall–Kier alpha value is -1.60. The Morgan fingerprint density at radius 2 is 1.76 bits per heavy atom. The molecule has 0 spiro atoms. The van der Waals surface area contributed by atoms with Gasteiger partial charge in [-0.2, -0.15) is 0 Å². The third kappa shape index (κ3) is 4.44. The van der Waals surface area contributed by atoms with Crippen LogP contribution in [0.4, 0.5) is 0 Å². The van der Waals surface area contributed by atoms with Gasteiger partial charge in [-0.05, 0) is 51.0 Å². The van der Waals surface area contributed by atoms with Gasteiger partial charge in [0.15, 0.2) is 6.61 Å². The third-order valence-corrected chi connectivity index (χ3v) is 4.30. The lowest BCUT2D eigenvalue weighted by Crippen LogP contribution is -2.34. The zero-order valence-electron chi connectivity index (χ0n) is 12.8. The molecule has 0 saturated heterocycles. The van der Waals surface area contributed by atoms with Gasteiger partial charge in [0.1, 0.15) is 5.75 Å². The lowest BCUT2D eigenvalue weighted by Gasteiger charge is -2.19. The monoisotopic (exact) mass is 314 g/mol. The number of sulfonamides is 1. The summed E-state index contributed by atoms with van der Waals surface area (Å²) in [6.45, 7) is 8.33. The van der Waals surface area contributed by atoms with Gasteiger partial charge in [-0.1, -0.05) is 0 Å². The van der Waals surface area contributed by atoms with E-state index in [0.717, 1.165) is 0 Å². The molecule has 0 radical (unpaired) electrons. The molecule has 2 N–H and O–H groups in total. The zero-order chi connectivity index (χ0) is 16.2. The first-order valence-electron chi connectivity index (χ1n) is 6.75. The van der Waals surface area contributed by atoms with Crippen LogP contribution in [0.3, 0.4) is 0 Å². The highest BCUT2D eigenvalue weighted by Gasteiger charge is 2.16. The van der Waals surface area contributed by atoms with E-state index in [1.165, 1.54) is 6.07 Å². The van der Waals surface area contributed by atoms with Crippen LogP contribution in [0.5, 0.6) is 5.75 Å². The first-order chi connectivity index (χ1) is 9.70. The number of benzene rings is 1. The van der Waals surface area contributed by atoms with E-state index in [1.54, 1.807) is 24.8 Å². The molecule has 1 amide bonds. The molecule has 118 valence electrons. The molecule has 0 atom stereocenters. The number of nitrogens with zero attached hydrogens (tertiary/aromatic N) is 1. The second-order valence-electron chi connectivity index (χ2n) is 4.78. The second kappa shape index (κ2) is 6.91. The topological polar surface area (TPSA) is 89.7 Å². The molecule has 1 rings (SSSR count). The number of carbonyl (C=O) groups excluding carboxylic acids is 1. The second-order valence-corrected chi connectivity index (χ2v) is 6.31. The Morgan fingerprint density at radius 1 is 1.19 bits per heavy atom. The van der Waals surface area contributed by atoms with Crippen molar-refractivity contribution in [2.45, 2.75) is 32.6 Å². The summed E-state index contributed by atoms with van der Waals surface area (Å²) in [5.41, 5.74) is 1.12. The molecule has 0 unspecified atom stereocenters. The molecular weight excluding hydrogens is 292 g/mol. The number of aryl methyl sites for hydroxylation is 2. The summed E-state index contributed by atoms with van der Waals surface area (Å²) < 4.78 is 28.4. The lowest BCUT2D eigenvalue weighted by molar-refractivity contribution is -0.132. The maximum absolute atomic E-state index is 11.9. The molecule has 0 saturated carbocycles. The van der Waals surface area contributed by atoms with Gasteiger partial charge in [0.25, 0.3) is 5.91 Å². The average Bonchev–Trinajstić information content (AvgIpc) is 2.39. The van der Waals surface area contributed by atoms with Crippen LogP contribution in [-0.2, 0) is 14.8 Å². The molecule has 6 nitrogen and oxygen atoms in total. The van der Waals surface area contributed by atoms with Crippen molar-refractivity contribution in [2.75, 3.05) is 19.7 Å². The molecule has 0 bridgehead atoms. The minimum atomic E-state index is -3.76. The summed E-state index contributed by atoms with van der Waals surface area (Å²) in [6, 6.07) is 3.05. The van der Waals surface area contributed by atoms with Gasteiger partial charge in [0, 0.05) is 13.1 Å². The normalized spacial score (nSPS) is 11.3. The number of rotatable bonds is 6. The molecule has 0 fully saturated rings. The van der Waals surface area contributed by atoms with E-state index in [-0.39, 0.29) is 17.4 Å². The molecule has 7 heteroatoms. The van der Waals surface area contributed by atoms with Crippen LogP contribution >= 0.6 is 0 Å². The quantitative estimate of drug-likeness (QED) is 0.854. The Bertz CT molecular complexity index is 622. The number of ether oxygens (including phenoxy) is 1. The Labute approximate surface area is 125 Å². The number of hydrogen-bond acceptors (Lipinski definition) is 4. The molecule has 0 aliphatic rings. The standard InChI is InChI=1S/C14H22N2O4S/c1-5-16(6-2)14(17)9-20-12-7-11(4)13(8-10(12)3)21(15,18)19/h7-8H,5-6,9H2,1-4H3,(H2,15,18,19). The summed E-state index contributed by atoms with van der Waals surface area (Å²) in [7, 11) is -3.76. The van der Waals surface area contributed by atoms with E-state index in [4.69, 9.17) is 9.88 Å². The van der Waals surface area contributed by atoms with Crippen LogP contribution in [0, 0.1) is 13.8 Å². The fourth-order valence-electron chi connectivity index (χ4n) is 2.03. The summed E-state index contributed by atoms with van der Waals surface area (Å²) >= 11 is 0. The molecule has 0 heterocycles. The summed E-state index contributed by atoms with van der Waals surface area (Å²) in [5, 5.41) is 5.15. The zero-order valence-corrected chi connectivity index (χ0v) is 13.7.